The topological polar surface area (TPSA) is 64.6 Å². The maximum absolute atomic E-state index is 12.2. The molecule has 2 heterocycles. The standard InChI is InChI=1S/C15H29NO4S/c1-5-16-13(14(2,3)21(4,17)18)12-6-8-20-15(10-12)7-9-19-11-15/h12-13,16H,5-11H2,1-4H3. The summed E-state index contributed by atoms with van der Waals surface area (Å²) in [5.74, 6) is 0.296. The van der Waals surface area contributed by atoms with Gasteiger partial charge in [-0.25, -0.2) is 8.42 Å². The Bertz CT molecular complexity index is 454. The zero-order valence-electron chi connectivity index (χ0n) is 13.6. The van der Waals surface area contributed by atoms with E-state index in [0.29, 0.717) is 19.1 Å². The van der Waals surface area contributed by atoms with Gasteiger partial charge in [0.15, 0.2) is 9.84 Å². The molecule has 0 aromatic heterocycles. The van der Waals surface area contributed by atoms with Gasteiger partial charge in [-0.1, -0.05) is 6.92 Å². The van der Waals surface area contributed by atoms with Crippen LogP contribution in [0.1, 0.15) is 40.0 Å². The van der Waals surface area contributed by atoms with E-state index < -0.39 is 14.6 Å². The Morgan fingerprint density at radius 2 is 2.10 bits per heavy atom. The predicted octanol–water partition coefficient (Wildman–Crippen LogP) is 1.37. The molecule has 21 heavy (non-hydrogen) atoms. The molecule has 2 fully saturated rings. The smallest absolute Gasteiger partial charge is 0.154 e. The molecule has 2 aliphatic rings. The average Bonchev–Trinajstić information content (AvgIpc) is 2.82. The van der Waals surface area contributed by atoms with Gasteiger partial charge in [-0.3, -0.25) is 0 Å². The van der Waals surface area contributed by atoms with Gasteiger partial charge in [0.25, 0.3) is 0 Å². The van der Waals surface area contributed by atoms with Crippen molar-refractivity contribution >= 4 is 9.84 Å². The third kappa shape index (κ3) is 3.44. The van der Waals surface area contributed by atoms with E-state index in [1.807, 2.05) is 20.8 Å². The first-order chi connectivity index (χ1) is 9.72. The normalized spacial score (nSPS) is 32.5. The molecule has 6 heteroatoms. The SMILES string of the molecule is CCNC(C1CCOC2(CCOC2)C1)C(C)(C)S(C)(=O)=O. The summed E-state index contributed by atoms with van der Waals surface area (Å²) in [4.78, 5) is 0. The lowest BCUT2D eigenvalue weighted by atomic mass is 9.77. The van der Waals surface area contributed by atoms with Crippen LogP contribution in [-0.4, -0.2) is 57.4 Å². The third-order valence-electron chi connectivity index (χ3n) is 5.20. The fourth-order valence-corrected chi connectivity index (χ4v) is 4.38. The molecule has 2 saturated heterocycles. The van der Waals surface area contributed by atoms with E-state index in [9.17, 15) is 8.42 Å². The van der Waals surface area contributed by atoms with E-state index in [0.717, 1.165) is 32.4 Å². The van der Waals surface area contributed by atoms with E-state index in [2.05, 4.69) is 5.32 Å². The van der Waals surface area contributed by atoms with Gasteiger partial charge < -0.3 is 14.8 Å². The van der Waals surface area contributed by atoms with Crippen molar-refractivity contribution in [3.63, 3.8) is 0 Å². The zero-order chi connectivity index (χ0) is 15.7. The van der Waals surface area contributed by atoms with Crippen molar-refractivity contribution in [1.82, 2.24) is 5.32 Å². The van der Waals surface area contributed by atoms with Crippen LogP contribution < -0.4 is 5.32 Å². The number of hydrogen-bond acceptors (Lipinski definition) is 5. The highest BCUT2D eigenvalue weighted by Crippen LogP contribution is 2.40. The van der Waals surface area contributed by atoms with Crippen LogP contribution in [0.4, 0.5) is 0 Å². The maximum Gasteiger partial charge on any atom is 0.154 e. The fraction of sp³-hybridized carbons (Fsp3) is 1.00. The third-order valence-corrected chi connectivity index (χ3v) is 7.36. The van der Waals surface area contributed by atoms with Gasteiger partial charge in [0.05, 0.1) is 17.0 Å². The highest BCUT2D eigenvalue weighted by atomic mass is 32.2. The van der Waals surface area contributed by atoms with E-state index in [1.165, 1.54) is 6.26 Å². The minimum Gasteiger partial charge on any atom is -0.378 e. The second-order valence-corrected chi connectivity index (χ2v) is 9.59. The lowest BCUT2D eigenvalue weighted by Crippen LogP contribution is -2.58. The Hall–Kier alpha value is -0.170. The minimum absolute atomic E-state index is 0.0566. The van der Waals surface area contributed by atoms with Crippen LogP contribution in [-0.2, 0) is 19.3 Å². The quantitative estimate of drug-likeness (QED) is 0.829. The Morgan fingerprint density at radius 3 is 2.62 bits per heavy atom. The van der Waals surface area contributed by atoms with Crippen molar-refractivity contribution in [2.45, 2.75) is 56.4 Å². The summed E-state index contributed by atoms with van der Waals surface area (Å²) < 4.78 is 35.2. The molecule has 2 rings (SSSR count). The highest BCUT2D eigenvalue weighted by Gasteiger charge is 2.48. The number of ether oxygens (including phenoxy) is 2. The molecule has 3 atom stereocenters. The molecule has 3 unspecified atom stereocenters. The number of hydrogen-bond donors (Lipinski definition) is 1. The molecule has 0 aromatic carbocycles. The summed E-state index contributed by atoms with van der Waals surface area (Å²) in [6.45, 7) is 8.54. The van der Waals surface area contributed by atoms with Crippen LogP contribution in [0.2, 0.25) is 0 Å². The molecular formula is C15H29NO4S. The Morgan fingerprint density at radius 1 is 1.38 bits per heavy atom. The molecule has 0 radical (unpaired) electrons. The van der Waals surface area contributed by atoms with E-state index in [-0.39, 0.29) is 11.6 Å². The van der Waals surface area contributed by atoms with Gasteiger partial charge in [-0.2, -0.15) is 0 Å². The summed E-state index contributed by atoms with van der Waals surface area (Å²) in [5.41, 5.74) is -0.190. The van der Waals surface area contributed by atoms with Crippen LogP contribution in [0.15, 0.2) is 0 Å². The lowest BCUT2D eigenvalue weighted by molar-refractivity contribution is -0.104. The van der Waals surface area contributed by atoms with Crippen molar-refractivity contribution in [1.29, 1.82) is 0 Å². The fourth-order valence-electron chi connectivity index (χ4n) is 3.64. The van der Waals surface area contributed by atoms with Crippen LogP contribution >= 0.6 is 0 Å². The zero-order valence-corrected chi connectivity index (χ0v) is 14.5. The minimum atomic E-state index is -3.14. The van der Waals surface area contributed by atoms with Crippen molar-refractivity contribution < 1.29 is 17.9 Å². The molecule has 124 valence electrons. The molecule has 0 aliphatic carbocycles. The first kappa shape index (κ1) is 17.2. The van der Waals surface area contributed by atoms with Crippen LogP contribution in [0.5, 0.6) is 0 Å². The first-order valence-electron chi connectivity index (χ1n) is 7.86. The van der Waals surface area contributed by atoms with Crippen molar-refractivity contribution in [3.05, 3.63) is 0 Å². The average molecular weight is 319 g/mol. The van der Waals surface area contributed by atoms with E-state index >= 15 is 0 Å². The Balaban J connectivity index is 2.21. The summed E-state index contributed by atoms with van der Waals surface area (Å²) >= 11 is 0. The maximum atomic E-state index is 12.2. The second kappa shape index (κ2) is 6.14. The molecule has 0 amide bonds. The van der Waals surface area contributed by atoms with Gasteiger partial charge in [0.1, 0.15) is 0 Å². The number of sulfone groups is 1. The summed E-state index contributed by atoms with van der Waals surface area (Å²) in [5, 5.41) is 3.43. The van der Waals surface area contributed by atoms with Gasteiger partial charge >= 0.3 is 0 Å². The molecule has 2 aliphatic heterocycles. The molecule has 5 nitrogen and oxygen atoms in total. The van der Waals surface area contributed by atoms with Crippen LogP contribution in [0.25, 0.3) is 0 Å². The number of rotatable bonds is 5. The van der Waals surface area contributed by atoms with Crippen molar-refractivity contribution in [2.75, 3.05) is 32.6 Å². The molecule has 0 bridgehead atoms. The lowest BCUT2D eigenvalue weighted by Gasteiger charge is -2.45. The summed E-state index contributed by atoms with van der Waals surface area (Å²) in [6.07, 6.45) is 4.04. The highest BCUT2D eigenvalue weighted by molar-refractivity contribution is 7.92. The van der Waals surface area contributed by atoms with E-state index in [4.69, 9.17) is 9.47 Å². The Kier molecular flexibility index (Phi) is 5.03. The molecule has 1 spiro atoms. The number of nitrogens with one attached hydrogen (secondary N) is 1. The molecule has 1 N–H and O–H groups in total. The van der Waals surface area contributed by atoms with E-state index in [1.54, 1.807) is 0 Å². The predicted molar refractivity (Wildman–Crippen MR) is 83.2 cm³/mol. The van der Waals surface area contributed by atoms with Crippen LogP contribution in [0.3, 0.4) is 0 Å². The van der Waals surface area contributed by atoms with Crippen molar-refractivity contribution in [3.8, 4) is 0 Å². The van der Waals surface area contributed by atoms with Gasteiger partial charge in [0.2, 0.25) is 0 Å². The first-order valence-corrected chi connectivity index (χ1v) is 9.76. The van der Waals surface area contributed by atoms with Gasteiger partial charge in [-0.05, 0) is 39.2 Å². The van der Waals surface area contributed by atoms with Gasteiger partial charge in [-0.15, -0.1) is 0 Å². The molecule has 0 saturated carbocycles. The monoisotopic (exact) mass is 319 g/mol. The second-order valence-electron chi connectivity index (χ2n) is 7.00. The largest absolute Gasteiger partial charge is 0.378 e. The molecular weight excluding hydrogens is 290 g/mol. The van der Waals surface area contributed by atoms with Gasteiger partial charge in [0, 0.05) is 31.9 Å². The van der Waals surface area contributed by atoms with Crippen molar-refractivity contribution in [2.24, 2.45) is 5.92 Å². The molecule has 0 aromatic rings. The Labute approximate surface area is 128 Å². The summed E-state index contributed by atoms with van der Waals surface area (Å²) in [6, 6.07) is -0.0566. The van der Waals surface area contributed by atoms with Crippen LogP contribution in [0, 0.1) is 5.92 Å². The summed E-state index contributed by atoms with van der Waals surface area (Å²) in [7, 11) is -3.14.